The summed E-state index contributed by atoms with van der Waals surface area (Å²) in [4.78, 5) is 9.36. The first-order chi connectivity index (χ1) is 10.8. The predicted molar refractivity (Wildman–Crippen MR) is 91.2 cm³/mol. The molecule has 3 nitrogen and oxygen atoms in total. The third-order valence-electron chi connectivity index (χ3n) is 4.41. The van der Waals surface area contributed by atoms with Crippen LogP contribution in [0.25, 0.3) is 0 Å². The van der Waals surface area contributed by atoms with E-state index >= 15 is 0 Å². The molecule has 0 spiro atoms. The Morgan fingerprint density at radius 2 is 1.77 bits per heavy atom. The molecule has 0 amide bonds. The first-order valence-electron chi connectivity index (χ1n) is 7.89. The molecule has 1 fully saturated rings. The van der Waals surface area contributed by atoms with Crippen molar-refractivity contribution in [3.05, 3.63) is 64.9 Å². The SMILES string of the molecule is CCN1CCN(C(c2ccc(Cl)cc2)c2cccnc2)CC1. The second-order valence-electron chi connectivity index (χ2n) is 5.71. The van der Waals surface area contributed by atoms with Crippen molar-refractivity contribution in [2.75, 3.05) is 32.7 Å². The van der Waals surface area contributed by atoms with Crippen LogP contribution in [0.15, 0.2) is 48.8 Å². The largest absolute Gasteiger partial charge is 0.301 e. The van der Waals surface area contributed by atoms with Gasteiger partial charge in [-0.1, -0.05) is 36.7 Å². The number of benzene rings is 1. The van der Waals surface area contributed by atoms with Gasteiger partial charge >= 0.3 is 0 Å². The number of rotatable bonds is 4. The first-order valence-corrected chi connectivity index (χ1v) is 8.27. The topological polar surface area (TPSA) is 19.4 Å². The third kappa shape index (κ3) is 3.49. The van der Waals surface area contributed by atoms with Crippen LogP contribution in [0.4, 0.5) is 0 Å². The highest BCUT2D eigenvalue weighted by Gasteiger charge is 2.26. The van der Waals surface area contributed by atoms with E-state index in [-0.39, 0.29) is 6.04 Å². The van der Waals surface area contributed by atoms with E-state index in [0.29, 0.717) is 0 Å². The van der Waals surface area contributed by atoms with Crippen LogP contribution in [-0.4, -0.2) is 47.5 Å². The van der Waals surface area contributed by atoms with Crippen molar-refractivity contribution >= 4 is 11.6 Å². The molecule has 1 aliphatic rings. The minimum Gasteiger partial charge on any atom is -0.301 e. The number of likely N-dealkylation sites (N-methyl/N-ethyl adjacent to an activating group) is 1. The van der Waals surface area contributed by atoms with Crippen LogP contribution < -0.4 is 0 Å². The molecule has 2 aromatic rings. The molecule has 1 unspecified atom stereocenters. The maximum absolute atomic E-state index is 6.05. The Hall–Kier alpha value is -1.42. The Morgan fingerprint density at radius 1 is 1.05 bits per heavy atom. The summed E-state index contributed by atoms with van der Waals surface area (Å²) in [5.74, 6) is 0. The molecule has 1 aliphatic heterocycles. The number of piperazine rings is 1. The molecule has 0 radical (unpaired) electrons. The van der Waals surface area contributed by atoms with Gasteiger partial charge in [0.1, 0.15) is 0 Å². The van der Waals surface area contributed by atoms with Gasteiger partial charge in [0.2, 0.25) is 0 Å². The molecule has 4 heteroatoms. The number of pyridine rings is 1. The van der Waals surface area contributed by atoms with Crippen molar-refractivity contribution in [1.29, 1.82) is 0 Å². The van der Waals surface area contributed by atoms with E-state index in [2.05, 4.69) is 39.9 Å². The molecular weight excluding hydrogens is 294 g/mol. The number of hydrogen-bond acceptors (Lipinski definition) is 3. The predicted octanol–water partition coefficient (Wildman–Crippen LogP) is 3.46. The van der Waals surface area contributed by atoms with E-state index in [9.17, 15) is 0 Å². The molecule has 0 aliphatic carbocycles. The van der Waals surface area contributed by atoms with Crippen molar-refractivity contribution < 1.29 is 0 Å². The maximum atomic E-state index is 6.05. The van der Waals surface area contributed by atoms with Gasteiger partial charge in [-0.05, 0) is 35.9 Å². The van der Waals surface area contributed by atoms with Crippen LogP contribution in [0.2, 0.25) is 5.02 Å². The second kappa shape index (κ2) is 7.23. The summed E-state index contributed by atoms with van der Waals surface area (Å²) >= 11 is 6.05. The lowest BCUT2D eigenvalue weighted by Gasteiger charge is -2.39. The number of halogens is 1. The van der Waals surface area contributed by atoms with Crippen molar-refractivity contribution in [1.82, 2.24) is 14.8 Å². The number of hydrogen-bond donors (Lipinski definition) is 0. The molecule has 0 bridgehead atoms. The minimum absolute atomic E-state index is 0.255. The summed E-state index contributed by atoms with van der Waals surface area (Å²) < 4.78 is 0. The van der Waals surface area contributed by atoms with E-state index in [0.717, 1.165) is 37.7 Å². The van der Waals surface area contributed by atoms with Crippen LogP contribution in [0.3, 0.4) is 0 Å². The maximum Gasteiger partial charge on any atom is 0.0617 e. The van der Waals surface area contributed by atoms with Gasteiger partial charge in [-0.15, -0.1) is 0 Å². The summed E-state index contributed by atoms with van der Waals surface area (Å²) in [5, 5.41) is 0.782. The zero-order valence-electron chi connectivity index (χ0n) is 13.0. The molecular formula is C18H22ClN3. The highest BCUT2D eigenvalue weighted by molar-refractivity contribution is 6.30. The van der Waals surface area contributed by atoms with Crippen molar-refractivity contribution in [2.45, 2.75) is 13.0 Å². The molecule has 0 N–H and O–H groups in total. The Morgan fingerprint density at radius 3 is 2.36 bits per heavy atom. The number of aromatic nitrogens is 1. The van der Waals surface area contributed by atoms with Crippen LogP contribution in [0.1, 0.15) is 24.1 Å². The van der Waals surface area contributed by atoms with E-state index in [4.69, 9.17) is 11.6 Å². The van der Waals surface area contributed by atoms with Gasteiger partial charge in [0.25, 0.3) is 0 Å². The molecule has 22 heavy (non-hydrogen) atoms. The fraction of sp³-hybridized carbons (Fsp3) is 0.389. The summed E-state index contributed by atoms with van der Waals surface area (Å²) in [7, 11) is 0. The van der Waals surface area contributed by atoms with Crippen LogP contribution in [0, 0.1) is 0 Å². The van der Waals surface area contributed by atoms with Crippen molar-refractivity contribution in [3.63, 3.8) is 0 Å². The number of nitrogens with zero attached hydrogens (tertiary/aromatic N) is 3. The van der Waals surface area contributed by atoms with E-state index < -0.39 is 0 Å². The van der Waals surface area contributed by atoms with Crippen LogP contribution >= 0.6 is 11.6 Å². The molecule has 3 rings (SSSR count). The molecule has 1 aromatic carbocycles. The van der Waals surface area contributed by atoms with Crippen molar-refractivity contribution in [2.24, 2.45) is 0 Å². The second-order valence-corrected chi connectivity index (χ2v) is 6.15. The quantitative estimate of drug-likeness (QED) is 0.861. The smallest absolute Gasteiger partial charge is 0.0617 e. The Bertz CT molecular complexity index is 577. The summed E-state index contributed by atoms with van der Waals surface area (Å²) in [6.45, 7) is 7.77. The average molecular weight is 316 g/mol. The minimum atomic E-state index is 0.255. The average Bonchev–Trinajstić information content (AvgIpc) is 2.58. The standard InChI is InChI=1S/C18H22ClN3/c1-2-21-10-12-22(13-11-21)18(16-4-3-9-20-14-16)15-5-7-17(19)8-6-15/h3-9,14,18H,2,10-13H2,1H3. The lowest BCUT2D eigenvalue weighted by molar-refractivity contribution is 0.113. The van der Waals surface area contributed by atoms with E-state index in [1.165, 1.54) is 11.1 Å². The normalized spacial score (nSPS) is 18.3. The molecule has 116 valence electrons. The highest BCUT2D eigenvalue weighted by atomic mass is 35.5. The van der Waals surface area contributed by atoms with Gasteiger partial charge in [0.15, 0.2) is 0 Å². The zero-order chi connectivity index (χ0) is 15.4. The first kappa shape index (κ1) is 15.5. The van der Waals surface area contributed by atoms with Gasteiger partial charge in [-0.3, -0.25) is 9.88 Å². The zero-order valence-corrected chi connectivity index (χ0v) is 13.7. The van der Waals surface area contributed by atoms with Gasteiger partial charge in [-0.2, -0.15) is 0 Å². The Balaban J connectivity index is 1.88. The van der Waals surface area contributed by atoms with Crippen LogP contribution in [-0.2, 0) is 0 Å². The Kier molecular flexibility index (Phi) is 5.08. The molecule has 1 saturated heterocycles. The Labute approximate surface area is 137 Å². The monoisotopic (exact) mass is 315 g/mol. The summed E-state index contributed by atoms with van der Waals surface area (Å²) in [6, 6.07) is 12.6. The lowest BCUT2D eigenvalue weighted by Crippen LogP contribution is -2.47. The molecule has 0 saturated carbocycles. The fourth-order valence-corrected chi connectivity index (χ4v) is 3.26. The van der Waals surface area contributed by atoms with Gasteiger partial charge in [0.05, 0.1) is 6.04 Å². The van der Waals surface area contributed by atoms with Gasteiger partial charge in [0, 0.05) is 43.6 Å². The van der Waals surface area contributed by atoms with Gasteiger partial charge in [-0.25, -0.2) is 0 Å². The summed E-state index contributed by atoms with van der Waals surface area (Å²) in [5.41, 5.74) is 2.53. The fourth-order valence-electron chi connectivity index (χ4n) is 3.13. The summed E-state index contributed by atoms with van der Waals surface area (Å²) in [6.07, 6.45) is 3.81. The van der Waals surface area contributed by atoms with Crippen LogP contribution in [0.5, 0.6) is 0 Å². The van der Waals surface area contributed by atoms with Gasteiger partial charge < -0.3 is 4.90 Å². The third-order valence-corrected chi connectivity index (χ3v) is 4.66. The molecule has 2 heterocycles. The van der Waals surface area contributed by atoms with Crippen molar-refractivity contribution in [3.8, 4) is 0 Å². The van der Waals surface area contributed by atoms with E-state index in [1.807, 2.05) is 30.6 Å². The van der Waals surface area contributed by atoms with E-state index in [1.54, 1.807) is 0 Å². The molecule has 1 atom stereocenters. The molecule has 1 aromatic heterocycles. The lowest BCUT2D eigenvalue weighted by atomic mass is 9.97. The highest BCUT2D eigenvalue weighted by Crippen LogP contribution is 2.29.